The Kier molecular flexibility index (Phi) is 4.04. The van der Waals surface area contributed by atoms with Crippen LogP contribution in [0.2, 0.25) is 0 Å². The van der Waals surface area contributed by atoms with Gasteiger partial charge in [-0.05, 0) is 31.2 Å². The largest absolute Gasteiger partial charge is 0.497 e. The van der Waals surface area contributed by atoms with Gasteiger partial charge in [-0.1, -0.05) is 0 Å². The van der Waals surface area contributed by atoms with Gasteiger partial charge in [-0.25, -0.2) is 4.79 Å². The van der Waals surface area contributed by atoms with E-state index in [9.17, 15) is 18.0 Å². The minimum Gasteiger partial charge on any atom is -0.497 e. The second kappa shape index (κ2) is 5.51. The van der Waals surface area contributed by atoms with Crippen molar-refractivity contribution < 1.29 is 27.4 Å². The van der Waals surface area contributed by atoms with Gasteiger partial charge in [0.15, 0.2) is 11.6 Å². The molecule has 1 aromatic carbocycles. The smallest absolute Gasteiger partial charge is 0.412 e. The van der Waals surface area contributed by atoms with Gasteiger partial charge in [0, 0.05) is 5.69 Å². The molecule has 0 saturated carbocycles. The fourth-order valence-electron chi connectivity index (χ4n) is 2.41. The molecule has 1 aliphatic heterocycles. The van der Waals surface area contributed by atoms with E-state index in [0.717, 1.165) is 25.3 Å². The minimum absolute atomic E-state index is 0.250. The maximum absolute atomic E-state index is 13.5. The van der Waals surface area contributed by atoms with E-state index in [1.165, 1.54) is 31.4 Å². The van der Waals surface area contributed by atoms with Crippen molar-refractivity contribution in [2.24, 2.45) is 4.99 Å². The number of carbonyl (C=O) groups is 1. The van der Waals surface area contributed by atoms with Gasteiger partial charge in [0.2, 0.25) is 0 Å². The standard InChI is InChI=1S/C14H15F3N2O3/c1-13(12(20)22-3)11(14(15,16)17)19(8-18-13)9-4-6-10(21-2)7-5-9/h4-8,11H,1-3H3. The quantitative estimate of drug-likeness (QED) is 0.804. The van der Waals surface area contributed by atoms with Gasteiger partial charge in [0.25, 0.3) is 0 Å². The molecule has 0 radical (unpaired) electrons. The lowest BCUT2D eigenvalue weighted by molar-refractivity contribution is -0.173. The first-order valence-electron chi connectivity index (χ1n) is 6.37. The Morgan fingerprint density at radius 1 is 1.27 bits per heavy atom. The zero-order valence-electron chi connectivity index (χ0n) is 12.2. The highest BCUT2D eigenvalue weighted by atomic mass is 19.4. The number of alkyl halides is 3. The van der Waals surface area contributed by atoms with Crippen LogP contribution in [0.3, 0.4) is 0 Å². The van der Waals surface area contributed by atoms with E-state index >= 15 is 0 Å². The Labute approximate surface area is 125 Å². The molecule has 0 fully saturated rings. The summed E-state index contributed by atoms with van der Waals surface area (Å²) in [5.41, 5.74) is -1.80. The van der Waals surface area contributed by atoms with E-state index in [-0.39, 0.29) is 5.69 Å². The number of hydrogen-bond donors (Lipinski definition) is 0. The first-order chi connectivity index (χ1) is 10.2. The molecule has 0 aromatic heterocycles. The molecule has 0 spiro atoms. The predicted octanol–water partition coefficient (Wildman–Crippen LogP) is 2.41. The lowest BCUT2D eigenvalue weighted by Crippen LogP contribution is -2.57. The Hall–Kier alpha value is -2.25. The molecule has 0 amide bonds. The van der Waals surface area contributed by atoms with Crippen LogP contribution in [-0.4, -0.2) is 44.3 Å². The zero-order chi connectivity index (χ0) is 16.5. The Balaban J connectivity index is 2.43. The van der Waals surface area contributed by atoms with Crippen molar-refractivity contribution in [3.05, 3.63) is 24.3 Å². The summed E-state index contributed by atoms with van der Waals surface area (Å²) in [7, 11) is 2.49. The monoisotopic (exact) mass is 316 g/mol. The van der Waals surface area contributed by atoms with Crippen molar-refractivity contribution in [1.29, 1.82) is 0 Å². The van der Waals surface area contributed by atoms with Crippen molar-refractivity contribution in [3.63, 3.8) is 0 Å². The first-order valence-corrected chi connectivity index (χ1v) is 6.37. The number of halogens is 3. The molecular weight excluding hydrogens is 301 g/mol. The molecule has 1 aromatic rings. The van der Waals surface area contributed by atoms with Crippen LogP contribution in [0.4, 0.5) is 18.9 Å². The van der Waals surface area contributed by atoms with E-state index in [2.05, 4.69) is 9.73 Å². The molecule has 2 unspecified atom stereocenters. The maximum Gasteiger partial charge on any atom is 0.412 e. The first kappa shape index (κ1) is 16.1. The van der Waals surface area contributed by atoms with E-state index in [0.29, 0.717) is 5.75 Å². The molecule has 5 nitrogen and oxygen atoms in total. The lowest BCUT2D eigenvalue weighted by atomic mass is 9.92. The molecule has 120 valence electrons. The zero-order valence-corrected chi connectivity index (χ0v) is 12.2. The summed E-state index contributed by atoms with van der Waals surface area (Å²) in [4.78, 5) is 16.5. The number of ether oxygens (including phenoxy) is 2. The number of esters is 1. The number of benzene rings is 1. The molecule has 0 aliphatic carbocycles. The molecule has 1 aliphatic rings. The summed E-state index contributed by atoms with van der Waals surface area (Å²) in [6, 6.07) is 3.86. The number of aliphatic imine (C=N–C) groups is 1. The number of rotatable bonds is 3. The molecule has 2 atom stereocenters. The third-order valence-electron chi connectivity index (χ3n) is 3.54. The van der Waals surface area contributed by atoms with Gasteiger partial charge in [-0.3, -0.25) is 4.99 Å². The number of anilines is 1. The van der Waals surface area contributed by atoms with Crippen LogP contribution in [0.5, 0.6) is 5.75 Å². The molecule has 1 heterocycles. The molecule has 8 heteroatoms. The molecule has 0 N–H and O–H groups in total. The Morgan fingerprint density at radius 3 is 2.32 bits per heavy atom. The van der Waals surface area contributed by atoms with Crippen molar-refractivity contribution >= 4 is 18.0 Å². The summed E-state index contributed by atoms with van der Waals surface area (Å²) >= 11 is 0. The average Bonchev–Trinajstić information content (AvgIpc) is 2.85. The highest BCUT2D eigenvalue weighted by Gasteiger charge is 2.61. The van der Waals surface area contributed by atoms with Crippen molar-refractivity contribution in [2.45, 2.75) is 24.7 Å². The van der Waals surface area contributed by atoms with Crippen LogP contribution < -0.4 is 9.64 Å². The summed E-state index contributed by atoms with van der Waals surface area (Å²) in [5.74, 6) is -0.527. The van der Waals surface area contributed by atoms with E-state index in [4.69, 9.17) is 4.74 Å². The Morgan fingerprint density at radius 2 is 1.86 bits per heavy atom. The highest BCUT2D eigenvalue weighted by molar-refractivity contribution is 5.93. The van der Waals surface area contributed by atoms with Gasteiger partial charge in [0.1, 0.15) is 5.75 Å². The van der Waals surface area contributed by atoms with Crippen LogP contribution in [0.15, 0.2) is 29.3 Å². The molecule has 0 saturated heterocycles. The summed E-state index contributed by atoms with van der Waals surface area (Å²) in [6.07, 6.45) is -3.66. The van der Waals surface area contributed by atoms with Crippen LogP contribution in [0.1, 0.15) is 6.92 Å². The molecule has 22 heavy (non-hydrogen) atoms. The third kappa shape index (κ3) is 2.60. The van der Waals surface area contributed by atoms with Crippen molar-refractivity contribution in [1.82, 2.24) is 0 Å². The van der Waals surface area contributed by atoms with Crippen molar-refractivity contribution in [3.8, 4) is 5.75 Å². The second-order valence-corrected chi connectivity index (χ2v) is 4.93. The summed E-state index contributed by atoms with van der Waals surface area (Å²) in [6.45, 7) is 1.11. The van der Waals surface area contributed by atoms with Gasteiger partial charge in [0.05, 0.1) is 20.6 Å². The summed E-state index contributed by atoms with van der Waals surface area (Å²) < 4.78 is 49.9. The van der Waals surface area contributed by atoms with E-state index < -0.39 is 23.7 Å². The Bertz CT molecular complexity index is 586. The van der Waals surface area contributed by atoms with Gasteiger partial charge < -0.3 is 14.4 Å². The third-order valence-corrected chi connectivity index (χ3v) is 3.54. The molecule has 0 bridgehead atoms. The van der Waals surface area contributed by atoms with Gasteiger partial charge >= 0.3 is 12.1 Å². The SMILES string of the molecule is COC(=O)C1(C)N=CN(c2ccc(OC)cc2)C1C(F)(F)F. The molecular formula is C14H15F3N2O3. The summed E-state index contributed by atoms with van der Waals surface area (Å²) in [5, 5.41) is 0. The number of carbonyl (C=O) groups excluding carboxylic acids is 1. The number of hydrogen-bond acceptors (Lipinski definition) is 5. The topological polar surface area (TPSA) is 51.1 Å². The minimum atomic E-state index is -4.67. The normalized spacial score (nSPS) is 24.5. The van der Waals surface area contributed by atoms with Gasteiger partial charge in [-0.15, -0.1) is 0 Å². The highest BCUT2D eigenvalue weighted by Crippen LogP contribution is 2.40. The van der Waals surface area contributed by atoms with E-state index in [1.54, 1.807) is 0 Å². The van der Waals surface area contributed by atoms with Crippen LogP contribution in [0.25, 0.3) is 0 Å². The van der Waals surface area contributed by atoms with Crippen LogP contribution >= 0.6 is 0 Å². The average molecular weight is 316 g/mol. The lowest BCUT2D eigenvalue weighted by Gasteiger charge is -2.34. The fourth-order valence-corrected chi connectivity index (χ4v) is 2.41. The molecule has 2 rings (SSSR count). The second-order valence-electron chi connectivity index (χ2n) is 4.93. The van der Waals surface area contributed by atoms with Crippen molar-refractivity contribution in [2.75, 3.05) is 19.1 Å². The number of nitrogens with zero attached hydrogens (tertiary/aromatic N) is 2. The van der Waals surface area contributed by atoms with Crippen LogP contribution in [0, 0.1) is 0 Å². The van der Waals surface area contributed by atoms with E-state index in [1.807, 2.05) is 0 Å². The predicted molar refractivity (Wildman–Crippen MR) is 74.2 cm³/mol. The maximum atomic E-state index is 13.5. The number of methoxy groups -OCH3 is 2. The van der Waals surface area contributed by atoms with Crippen LogP contribution in [-0.2, 0) is 9.53 Å². The van der Waals surface area contributed by atoms with Gasteiger partial charge in [-0.2, -0.15) is 13.2 Å². The fraction of sp³-hybridized carbons (Fsp3) is 0.429.